The molecule has 0 atom stereocenters. The van der Waals surface area contributed by atoms with Crippen molar-refractivity contribution in [3.05, 3.63) is 0 Å². The van der Waals surface area contributed by atoms with Crippen molar-refractivity contribution >= 4 is 0 Å². The van der Waals surface area contributed by atoms with Crippen LogP contribution in [0.2, 0.25) is 0 Å². The van der Waals surface area contributed by atoms with Crippen molar-refractivity contribution in [2.75, 3.05) is 20.1 Å². The molecule has 0 aromatic rings. The van der Waals surface area contributed by atoms with Crippen molar-refractivity contribution in [3.8, 4) is 0 Å². The van der Waals surface area contributed by atoms with Gasteiger partial charge in [0.05, 0.1) is 5.60 Å². The number of hydrogen-bond acceptors (Lipinski definition) is 3. The number of aliphatic hydroxyl groups is 1. The molecular weight excluding hydrogens is 224 g/mol. The van der Waals surface area contributed by atoms with Crippen LogP contribution in [-0.4, -0.2) is 47.8 Å². The number of hydrogen-bond donors (Lipinski definition) is 2. The lowest BCUT2D eigenvalue weighted by Crippen LogP contribution is -2.42. The van der Waals surface area contributed by atoms with Gasteiger partial charge >= 0.3 is 0 Å². The maximum atomic E-state index is 9.77. The molecule has 108 valence electrons. The molecule has 0 aliphatic heterocycles. The molecular formula is C15H32N2O. The van der Waals surface area contributed by atoms with Crippen LogP contribution in [0, 0.1) is 0 Å². The zero-order chi connectivity index (χ0) is 13.6. The molecule has 1 fully saturated rings. The molecule has 0 heterocycles. The normalized spacial score (nSPS) is 25.7. The Morgan fingerprint density at radius 2 is 1.83 bits per heavy atom. The van der Waals surface area contributed by atoms with E-state index in [4.69, 9.17) is 0 Å². The summed E-state index contributed by atoms with van der Waals surface area (Å²) in [5.41, 5.74) is -0.534. The molecule has 2 N–H and O–H groups in total. The fraction of sp³-hybridized carbons (Fsp3) is 1.00. The van der Waals surface area contributed by atoms with Crippen molar-refractivity contribution in [1.29, 1.82) is 0 Å². The Balaban J connectivity index is 2.21. The monoisotopic (exact) mass is 256 g/mol. The summed E-state index contributed by atoms with van der Waals surface area (Å²) in [4.78, 5) is 2.44. The standard InChI is InChI=1S/C15H32N2O/c1-5-11-16-13-6-8-14(9-7-13)17(4)12-10-15(2,3)18/h13-14,16,18H,5-12H2,1-4H3. The van der Waals surface area contributed by atoms with E-state index in [0.29, 0.717) is 6.04 Å². The minimum atomic E-state index is -0.534. The summed E-state index contributed by atoms with van der Waals surface area (Å²) in [5.74, 6) is 0. The maximum absolute atomic E-state index is 9.77. The van der Waals surface area contributed by atoms with Gasteiger partial charge in [-0.05, 0) is 66.0 Å². The van der Waals surface area contributed by atoms with E-state index in [-0.39, 0.29) is 0 Å². The van der Waals surface area contributed by atoms with Crippen LogP contribution in [0.5, 0.6) is 0 Å². The van der Waals surface area contributed by atoms with E-state index in [2.05, 4.69) is 24.2 Å². The van der Waals surface area contributed by atoms with Gasteiger partial charge in [0.2, 0.25) is 0 Å². The van der Waals surface area contributed by atoms with Crippen LogP contribution in [0.15, 0.2) is 0 Å². The van der Waals surface area contributed by atoms with E-state index in [1.54, 1.807) is 0 Å². The molecule has 3 heteroatoms. The maximum Gasteiger partial charge on any atom is 0.0603 e. The largest absolute Gasteiger partial charge is 0.390 e. The Hall–Kier alpha value is -0.120. The highest BCUT2D eigenvalue weighted by Gasteiger charge is 2.24. The minimum Gasteiger partial charge on any atom is -0.390 e. The van der Waals surface area contributed by atoms with Crippen LogP contribution in [0.4, 0.5) is 0 Å². The lowest BCUT2D eigenvalue weighted by atomic mass is 9.90. The first kappa shape index (κ1) is 15.9. The van der Waals surface area contributed by atoms with Gasteiger partial charge in [0.15, 0.2) is 0 Å². The summed E-state index contributed by atoms with van der Waals surface area (Å²) in [7, 11) is 2.20. The van der Waals surface area contributed by atoms with Gasteiger partial charge in [-0.1, -0.05) is 6.92 Å². The smallest absolute Gasteiger partial charge is 0.0603 e. The highest BCUT2D eigenvalue weighted by Crippen LogP contribution is 2.23. The number of nitrogens with one attached hydrogen (secondary N) is 1. The van der Waals surface area contributed by atoms with Gasteiger partial charge in [0.1, 0.15) is 0 Å². The molecule has 1 aliphatic carbocycles. The quantitative estimate of drug-likeness (QED) is 0.734. The fourth-order valence-electron chi connectivity index (χ4n) is 2.70. The molecule has 18 heavy (non-hydrogen) atoms. The molecule has 0 radical (unpaired) electrons. The third kappa shape index (κ3) is 6.17. The summed E-state index contributed by atoms with van der Waals surface area (Å²) in [5, 5.41) is 13.4. The second-order valence-electron chi connectivity index (χ2n) is 6.50. The summed E-state index contributed by atoms with van der Waals surface area (Å²) < 4.78 is 0. The van der Waals surface area contributed by atoms with Crippen molar-refractivity contribution in [3.63, 3.8) is 0 Å². The first-order valence-corrected chi connectivity index (χ1v) is 7.58. The van der Waals surface area contributed by atoms with Crippen LogP contribution in [0.1, 0.15) is 59.3 Å². The van der Waals surface area contributed by atoms with Crippen molar-refractivity contribution in [1.82, 2.24) is 10.2 Å². The summed E-state index contributed by atoms with van der Waals surface area (Å²) in [6, 6.07) is 1.45. The second-order valence-corrected chi connectivity index (χ2v) is 6.50. The molecule has 3 nitrogen and oxygen atoms in total. The van der Waals surface area contributed by atoms with E-state index in [9.17, 15) is 5.11 Å². The van der Waals surface area contributed by atoms with Crippen molar-refractivity contribution in [2.24, 2.45) is 0 Å². The second kappa shape index (κ2) is 7.46. The fourth-order valence-corrected chi connectivity index (χ4v) is 2.70. The van der Waals surface area contributed by atoms with Gasteiger partial charge in [0.25, 0.3) is 0 Å². The van der Waals surface area contributed by atoms with Gasteiger partial charge in [-0.25, -0.2) is 0 Å². The van der Waals surface area contributed by atoms with Crippen LogP contribution >= 0.6 is 0 Å². The first-order chi connectivity index (χ1) is 8.42. The Morgan fingerprint density at radius 3 is 2.33 bits per heavy atom. The topological polar surface area (TPSA) is 35.5 Å². The predicted molar refractivity (Wildman–Crippen MR) is 77.9 cm³/mol. The van der Waals surface area contributed by atoms with E-state index in [1.165, 1.54) is 32.1 Å². The van der Waals surface area contributed by atoms with Crippen molar-refractivity contribution in [2.45, 2.75) is 77.0 Å². The van der Waals surface area contributed by atoms with Crippen LogP contribution in [0.25, 0.3) is 0 Å². The van der Waals surface area contributed by atoms with E-state index >= 15 is 0 Å². The molecule has 1 rings (SSSR count). The van der Waals surface area contributed by atoms with E-state index in [1.807, 2.05) is 13.8 Å². The van der Waals surface area contributed by atoms with Gasteiger partial charge in [-0.3, -0.25) is 0 Å². The third-order valence-electron chi connectivity index (χ3n) is 4.08. The molecule has 1 saturated carbocycles. The molecule has 0 unspecified atom stereocenters. The zero-order valence-electron chi connectivity index (χ0n) is 12.7. The molecule has 1 aliphatic rings. The van der Waals surface area contributed by atoms with Crippen molar-refractivity contribution < 1.29 is 5.11 Å². The Bertz CT molecular complexity index is 217. The highest BCUT2D eigenvalue weighted by molar-refractivity contribution is 4.82. The van der Waals surface area contributed by atoms with E-state index in [0.717, 1.165) is 25.6 Å². The summed E-state index contributed by atoms with van der Waals surface area (Å²) in [6.07, 6.45) is 7.28. The summed E-state index contributed by atoms with van der Waals surface area (Å²) >= 11 is 0. The van der Waals surface area contributed by atoms with Gasteiger partial charge in [-0.2, -0.15) is 0 Å². The Kier molecular flexibility index (Phi) is 6.61. The molecule has 0 aromatic carbocycles. The molecule has 0 spiro atoms. The minimum absolute atomic E-state index is 0.534. The molecule has 0 aromatic heterocycles. The first-order valence-electron chi connectivity index (χ1n) is 7.58. The Morgan fingerprint density at radius 1 is 1.22 bits per heavy atom. The summed E-state index contributed by atoms with van der Waals surface area (Å²) in [6.45, 7) is 8.17. The average Bonchev–Trinajstić information content (AvgIpc) is 2.33. The lowest BCUT2D eigenvalue weighted by molar-refractivity contribution is 0.0516. The lowest BCUT2D eigenvalue weighted by Gasteiger charge is -2.36. The van der Waals surface area contributed by atoms with Gasteiger partial charge in [-0.15, -0.1) is 0 Å². The van der Waals surface area contributed by atoms with E-state index < -0.39 is 5.60 Å². The average molecular weight is 256 g/mol. The highest BCUT2D eigenvalue weighted by atomic mass is 16.3. The Labute approximate surface area is 113 Å². The van der Waals surface area contributed by atoms with Crippen LogP contribution in [0.3, 0.4) is 0 Å². The van der Waals surface area contributed by atoms with Crippen LogP contribution < -0.4 is 5.32 Å². The SMILES string of the molecule is CCCNC1CCC(N(C)CCC(C)(C)O)CC1. The van der Waals surface area contributed by atoms with Gasteiger partial charge < -0.3 is 15.3 Å². The molecule has 0 bridgehead atoms. The molecule has 0 saturated heterocycles. The molecule has 0 amide bonds. The van der Waals surface area contributed by atoms with Gasteiger partial charge in [0, 0.05) is 18.6 Å². The van der Waals surface area contributed by atoms with Crippen LogP contribution in [-0.2, 0) is 0 Å². The predicted octanol–water partition coefficient (Wildman–Crippen LogP) is 2.39. The number of nitrogens with zero attached hydrogens (tertiary/aromatic N) is 1. The number of rotatable bonds is 7. The third-order valence-corrected chi connectivity index (χ3v) is 4.08. The zero-order valence-corrected chi connectivity index (χ0v) is 12.7.